The van der Waals surface area contributed by atoms with Crippen LogP contribution in [0.2, 0.25) is 5.15 Å². The summed E-state index contributed by atoms with van der Waals surface area (Å²) in [6, 6.07) is 6.50. The summed E-state index contributed by atoms with van der Waals surface area (Å²) in [6.07, 6.45) is 0. The van der Waals surface area contributed by atoms with Crippen molar-refractivity contribution in [1.82, 2.24) is 15.0 Å². The van der Waals surface area contributed by atoms with E-state index in [0.717, 1.165) is 11.8 Å². The van der Waals surface area contributed by atoms with Crippen molar-refractivity contribution in [3.05, 3.63) is 28.9 Å². The Balaban J connectivity index is 2.34. The SMILES string of the molecule is N#Cc1cc(Cl)nc(Sc2nc(N)cc(N)n2)c1. The maximum Gasteiger partial charge on any atom is 0.197 e. The monoisotopic (exact) mass is 278 g/mol. The smallest absolute Gasteiger partial charge is 0.197 e. The second kappa shape index (κ2) is 5.08. The first-order valence-electron chi connectivity index (χ1n) is 4.72. The lowest BCUT2D eigenvalue weighted by Crippen LogP contribution is -1.99. The number of aromatic nitrogens is 3. The Kier molecular flexibility index (Phi) is 3.50. The van der Waals surface area contributed by atoms with E-state index in [1.165, 1.54) is 12.1 Å². The van der Waals surface area contributed by atoms with Gasteiger partial charge in [-0.05, 0) is 23.9 Å². The topological polar surface area (TPSA) is 114 Å². The van der Waals surface area contributed by atoms with E-state index in [1.54, 1.807) is 6.07 Å². The van der Waals surface area contributed by atoms with Crippen LogP contribution in [0.1, 0.15) is 5.56 Å². The summed E-state index contributed by atoms with van der Waals surface area (Å²) < 4.78 is 0. The van der Waals surface area contributed by atoms with Crippen LogP contribution in [0, 0.1) is 11.3 Å². The minimum Gasteiger partial charge on any atom is -0.383 e. The maximum atomic E-state index is 8.82. The fourth-order valence-electron chi connectivity index (χ4n) is 1.19. The third-order valence-corrected chi connectivity index (χ3v) is 2.82. The van der Waals surface area contributed by atoms with Gasteiger partial charge < -0.3 is 11.5 Å². The molecule has 0 spiro atoms. The third-order valence-electron chi connectivity index (χ3n) is 1.84. The van der Waals surface area contributed by atoms with Crippen molar-refractivity contribution in [2.45, 2.75) is 10.2 Å². The predicted molar refractivity (Wildman–Crippen MR) is 68.9 cm³/mol. The minimum absolute atomic E-state index is 0.230. The van der Waals surface area contributed by atoms with E-state index in [-0.39, 0.29) is 16.8 Å². The van der Waals surface area contributed by atoms with Crippen LogP contribution in [0.4, 0.5) is 11.6 Å². The Labute approximate surface area is 112 Å². The molecule has 2 aromatic heterocycles. The second-order valence-electron chi connectivity index (χ2n) is 3.23. The molecule has 90 valence electrons. The molecule has 0 aromatic carbocycles. The lowest BCUT2D eigenvalue weighted by Gasteiger charge is -2.02. The number of halogens is 1. The number of nitriles is 1. The molecular formula is C10H7ClN6S. The first kappa shape index (κ1) is 12.4. The molecular weight excluding hydrogens is 272 g/mol. The molecule has 2 heterocycles. The highest BCUT2D eigenvalue weighted by atomic mass is 35.5. The van der Waals surface area contributed by atoms with Crippen LogP contribution >= 0.6 is 23.4 Å². The molecule has 0 unspecified atom stereocenters. The molecule has 6 nitrogen and oxygen atoms in total. The lowest BCUT2D eigenvalue weighted by molar-refractivity contribution is 0.976. The van der Waals surface area contributed by atoms with Crippen molar-refractivity contribution >= 4 is 35.0 Å². The van der Waals surface area contributed by atoms with E-state index in [9.17, 15) is 0 Å². The lowest BCUT2D eigenvalue weighted by atomic mass is 10.3. The molecule has 0 fully saturated rings. The van der Waals surface area contributed by atoms with E-state index in [1.807, 2.05) is 6.07 Å². The molecule has 2 aromatic rings. The summed E-state index contributed by atoms with van der Waals surface area (Å²) in [5.41, 5.74) is 11.5. The van der Waals surface area contributed by atoms with Crippen LogP contribution in [0.25, 0.3) is 0 Å². The molecule has 0 saturated carbocycles. The number of hydrogen-bond donors (Lipinski definition) is 2. The van der Waals surface area contributed by atoms with E-state index >= 15 is 0 Å². The number of nitrogens with zero attached hydrogens (tertiary/aromatic N) is 4. The van der Waals surface area contributed by atoms with Gasteiger partial charge in [-0.25, -0.2) is 15.0 Å². The first-order valence-corrected chi connectivity index (χ1v) is 5.92. The molecule has 0 atom stereocenters. The summed E-state index contributed by atoms with van der Waals surface area (Å²) in [5.74, 6) is 0.542. The highest BCUT2D eigenvalue weighted by Gasteiger charge is 2.07. The number of hydrogen-bond acceptors (Lipinski definition) is 7. The Hall–Kier alpha value is -2.04. The molecule has 18 heavy (non-hydrogen) atoms. The molecule has 0 saturated heterocycles. The normalized spacial score (nSPS) is 10.0. The molecule has 0 aliphatic carbocycles. The fourth-order valence-corrected chi connectivity index (χ4v) is 2.27. The number of rotatable bonds is 2. The van der Waals surface area contributed by atoms with Gasteiger partial charge in [-0.3, -0.25) is 0 Å². The standard InChI is InChI=1S/C10H7ClN6S/c11-6-1-5(4-12)2-9(15-6)18-10-16-7(13)3-8(14)17-10/h1-3H,(H4,13,14,16,17). The summed E-state index contributed by atoms with van der Waals surface area (Å²) >= 11 is 6.92. The van der Waals surface area contributed by atoms with Gasteiger partial charge in [0.25, 0.3) is 0 Å². The Morgan fingerprint density at radius 2 is 1.78 bits per heavy atom. The van der Waals surface area contributed by atoms with Crippen LogP contribution in [0.3, 0.4) is 0 Å². The van der Waals surface area contributed by atoms with Gasteiger partial charge in [0.1, 0.15) is 21.8 Å². The van der Waals surface area contributed by atoms with Crippen LogP contribution in [0.5, 0.6) is 0 Å². The Morgan fingerprint density at radius 1 is 1.11 bits per heavy atom. The van der Waals surface area contributed by atoms with Gasteiger partial charge in [0.2, 0.25) is 0 Å². The second-order valence-corrected chi connectivity index (χ2v) is 4.61. The number of nitrogens with two attached hydrogens (primary N) is 2. The molecule has 0 bridgehead atoms. The third kappa shape index (κ3) is 3.00. The quantitative estimate of drug-likeness (QED) is 0.635. The highest BCUT2D eigenvalue weighted by molar-refractivity contribution is 7.99. The molecule has 2 rings (SSSR count). The van der Waals surface area contributed by atoms with Gasteiger partial charge in [-0.2, -0.15) is 5.26 Å². The number of pyridine rings is 1. The van der Waals surface area contributed by atoms with Gasteiger partial charge in [0, 0.05) is 6.07 Å². The van der Waals surface area contributed by atoms with Crippen molar-refractivity contribution in [1.29, 1.82) is 5.26 Å². The maximum absolute atomic E-state index is 8.82. The fraction of sp³-hybridized carbons (Fsp3) is 0. The number of nitrogen functional groups attached to an aromatic ring is 2. The van der Waals surface area contributed by atoms with Gasteiger partial charge in [0.15, 0.2) is 5.16 Å². The van der Waals surface area contributed by atoms with E-state index in [2.05, 4.69) is 15.0 Å². The van der Waals surface area contributed by atoms with Crippen molar-refractivity contribution in [3.63, 3.8) is 0 Å². The van der Waals surface area contributed by atoms with Crippen molar-refractivity contribution in [3.8, 4) is 6.07 Å². The number of anilines is 2. The summed E-state index contributed by atoms with van der Waals surface area (Å²) in [5, 5.41) is 9.91. The molecule has 0 amide bonds. The minimum atomic E-state index is 0.230. The van der Waals surface area contributed by atoms with Crippen LogP contribution in [0.15, 0.2) is 28.4 Å². The molecule has 4 N–H and O–H groups in total. The summed E-state index contributed by atoms with van der Waals surface area (Å²) in [7, 11) is 0. The molecule has 0 aliphatic heterocycles. The van der Waals surface area contributed by atoms with Crippen LogP contribution < -0.4 is 11.5 Å². The average molecular weight is 279 g/mol. The van der Waals surface area contributed by atoms with Crippen LogP contribution in [-0.4, -0.2) is 15.0 Å². The van der Waals surface area contributed by atoms with Crippen molar-refractivity contribution in [2.75, 3.05) is 11.5 Å². The zero-order chi connectivity index (χ0) is 13.1. The molecule has 0 aliphatic rings. The van der Waals surface area contributed by atoms with Gasteiger partial charge in [0.05, 0.1) is 11.6 Å². The highest BCUT2D eigenvalue weighted by Crippen LogP contribution is 2.26. The summed E-state index contributed by atoms with van der Waals surface area (Å²) in [4.78, 5) is 12.0. The average Bonchev–Trinajstić information content (AvgIpc) is 2.26. The van der Waals surface area contributed by atoms with Crippen molar-refractivity contribution in [2.24, 2.45) is 0 Å². The predicted octanol–water partition coefficient (Wildman–Crippen LogP) is 1.71. The molecule has 8 heteroatoms. The first-order chi connectivity index (χ1) is 8.56. The van der Waals surface area contributed by atoms with Gasteiger partial charge in [-0.15, -0.1) is 0 Å². The largest absolute Gasteiger partial charge is 0.383 e. The van der Waals surface area contributed by atoms with Gasteiger partial charge >= 0.3 is 0 Å². The van der Waals surface area contributed by atoms with E-state index in [4.69, 9.17) is 28.3 Å². The Morgan fingerprint density at radius 3 is 2.39 bits per heavy atom. The van der Waals surface area contributed by atoms with E-state index in [0.29, 0.717) is 15.7 Å². The zero-order valence-corrected chi connectivity index (χ0v) is 10.5. The van der Waals surface area contributed by atoms with E-state index < -0.39 is 0 Å². The van der Waals surface area contributed by atoms with Gasteiger partial charge in [-0.1, -0.05) is 11.6 Å². The Bertz CT molecular complexity index is 619. The summed E-state index contributed by atoms with van der Waals surface area (Å²) in [6.45, 7) is 0. The zero-order valence-electron chi connectivity index (χ0n) is 8.96. The van der Waals surface area contributed by atoms with Crippen molar-refractivity contribution < 1.29 is 0 Å². The molecule has 0 radical (unpaired) electrons. The van der Waals surface area contributed by atoms with Crippen LogP contribution in [-0.2, 0) is 0 Å².